The third kappa shape index (κ3) is 1.91. The monoisotopic (exact) mass is 300 g/mol. The van der Waals surface area contributed by atoms with Crippen molar-refractivity contribution in [2.24, 2.45) is 17.3 Å². The maximum atomic E-state index is 9.73. The smallest absolute Gasteiger partial charge is 0.115 e. The molecule has 1 nitrogen and oxygen atoms in total. The number of benzene rings is 1. The largest absolute Gasteiger partial charge is 0.508 e. The first-order valence-corrected chi connectivity index (χ1v) is 9.42. The van der Waals surface area contributed by atoms with Gasteiger partial charge >= 0.3 is 0 Å². The SMILES string of the molecule is CSC1=CC[C@H]2[C@@H]3CCc4cc(O)ccc4[C@H]3CC[C@]12C. The van der Waals surface area contributed by atoms with Crippen molar-refractivity contribution in [3.05, 3.63) is 40.3 Å². The van der Waals surface area contributed by atoms with Gasteiger partial charge in [0.05, 0.1) is 0 Å². The van der Waals surface area contributed by atoms with E-state index in [0.29, 0.717) is 11.2 Å². The molecular weight excluding hydrogens is 276 g/mol. The third-order valence-electron chi connectivity index (χ3n) is 6.44. The van der Waals surface area contributed by atoms with Gasteiger partial charge in [0, 0.05) is 5.41 Å². The fraction of sp³-hybridized carbons (Fsp3) is 0.579. The maximum Gasteiger partial charge on any atom is 0.115 e. The fourth-order valence-electron chi connectivity index (χ4n) is 5.41. The van der Waals surface area contributed by atoms with Crippen LogP contribution in [0.1, 0.15) is 49.7 Å². The molecule has 0 amide bonds. The molecule has 0 heterocycles. The lowest BCUT2D eigenvalue weighted by molar-refractivity contribution is 0.0804. The predicted octanol–water partition coefficient (Wildman–Crippen LogP) is 5.11. The van der Waals surface area contributed by atoms with E-state index in [2.05, 4.69) is 25.3 Å². The van der Waals surface area contributed by atoms with Gasteiger partial charge in [0.2, 0.25) is 0 Å². The summed E-state index contributed by atoms with van der Waals surface area (Å²) in [5, 5.41) is 9.73. The molecule has 3 aliphatic rings. The number of thioether (sulfide) groups is 1. The van der Waals surface area contributed by atoms with Crippen LogP contribution in [-0.4, -0.2) is 11.4 Å². The van der Waals surface area contributed by atoms with E-state index in [9.17, 15) is 5.11 Å². The first-order valence-electron chi connectivity index (χ1n) is 8.20. The van der Waals surface area contributed by atoms with E-state index in [1.807, 2.05) is 23.9 Å². The van der Waals surface area contributed by atoms with E-state index in [1.54, 1.807) is 4.91 Å². The molecule has 0 aromatic heterocycles. The van der Waals surface area contributed by atoms with E-state index < -0.39 is 0 Å². The molecule has 0 aliphatic heterocycles. The molecule has 0 bridgehead atoms. The Morgan fingerprint density at radius 1 is 1.29 bits per heavy atom. The molecule has 2 heteroatoms. The van der Waals surface area contributed by atoms with Crippen molar-refractivity contribution < 1.29 is 5.11 Å². The number of fused-ring (bicyclic) bond motifs is 5. The Morgan fingerprint density at radius 3 is 2.95 bits per heavy atom. The molecule has 0 spiro atoms. The fourth-order valence-corrected chi connectivity index (χ4v) is 6.40. The number of hydrogen-bond acceptors (Lipinski definition) is 2. The Hall–Kier alpha value is -0.890. The van der Waals surface area contributed by atoms with Crippen LogP contribution in [0.15, 0.2) is 29.2 Å². The first kappa shape index (κ1) is 13.8. The third-order valence-corrected chi connectivity index (χ3v) is 7.51. The minimum atomic E-state index is 0.431. The zero-order valence-corrected chi connectivity index (χ0v) is 13.7. The number of aryl methyl sites for hydroxylation is 1. The van der Waals surface area contributed by atoms with Crippen LogP contribution in [-0.2, 0) is 6.42 Å². The summed E-state index contributed by atoms with van der Waals surface area (Å²) in [5.41, 5.74) is 3.37. The second-order valence-corrected chi connectivity index (χ2v) is 8.11. The summed E-state index contributed by atoms with van der Waals surface area (Å²) in [7, 11) is 0. The molecule has 1 saturated carbocycles. The Balaban J connectivity index is 1.69. The predicted molar refractivity (Wildman–Crippen MR) is 89.7 cm³/mol. The molecule has 0 saturated heterocycles. The average Bonchev–Trinajstić information content (AvgIpc) is 2.83. The molecule has 0 unspecified atom stereocenters. The Morgan fingerprint density at radius 2 is 2.14 bits per heavy atom. The summed E-state index contributed by atoms with van der Waals surface area (Å²) < 4.78 is 0. The number of phenols is 1. The summed E-state index contributed by atoms with van der Waals surface area (Å²) >= 11 is 1.97. The van der Waals surface area contributed by atoms with Gasteiger partial charge < -0.3 is 5.11 Å². The standard InChI is InChI=1S/C19H24OS/c1-19-10-9-15-14-6-4-13(20)11-12(14)3-5-16(15)17(19)7-8-18(19)21-2/h4,6,8,11,15-17,20H,3,5,7,9-10H2,1-2H3/t15-,16-,17+,19+/m1/s1. The lowest BCUT2D eigenvalue weighted by Gasteiger charge is -2.50. The minimum Gasteiger partial charge on any atom is -0.508 e. The summed E-state index contributed by atoms with van der Waals surface area (Å²) in [6.45, 7) is 2.51. The minimum absolute atomic E-state index is 0.431. The zero-order chi connectivity index (χ0) is 14.6. The molecule has 4 rings (SSSR count). The van der Waals surface area contributed by atoms with Crippen molar-refractivity contribution in [2.75, 3.05) is 6.26 Å². The molecule has 1 N–H and O–H groups in total. The van der Waals surface area contributed by atoms with Crippen LogP contribution in [0.3, 0.4) is 0 Å². The molecule has 1 aromatic rings. The highest BCUT2D eigenvalue weighted by Gasteiger charge is 2.51. The quantitative estimate of drug-likeness (QED) is 0.778. The summed E-state index contributed by atoms with van der Waals surface area (Å²) in [4.78, 5) is 1.64. The second-order valence-electron chi connectivity index (χ2n) is 7.26. The van der Waals surface area contributed by atoms with Crippen molar-refractivity contribution in [2.45, 2.75) is 44.9 Å². The number of phenolic OH excluding ortho intramolecular Hbond substituents is 1. The van der Waals surface area contributed by atoms with Gasteiger partial charge in [-0.05, 0) is 84.3 Å². The molecule has 1 aromatic carbocycles. The van der Waals surface area contributed by atoms with Crippen molar-refractivity contribution in [3.8, 4) is 5.75 Å². The molecule has 21 heavy (non-hydrogen) atoms. The molecule has 3 aliphatic carbocycles. The van der Waals surface area contributed by atoms with Crippen LogP contribution in [0, 0.1) is 17.3 Å². The molecule has 1 fully saturated rings. The number of hydrogen-bond donors (Lipinski definition) is 1. The summed E-state index contributed by atoms with van der Waals surface area (Å²) in [6.07, 6.45) is 11.1. The van der Waals surface area contributed by atoms with Crippen LogP contribution in [0.2, 0.25) is 0 Å². The van der Waals surface area contributed by atoms with E-state index in [0.717, 1.165) is 24.2 Å². The van der Waals surface area contributed by atoms with Gasteiger partial charge in [0.25, 0.3) is 0 Å². The highest BCUT2D eigenvalue weighted by atomic mass is 32.2. The highest BCUT2D eigenvalue weighted by Crippen LogP contribution is 2.62. The summed E-state index contributed by atoms with van der Waals surface area (Å²) in [6, 6.07) is 6.08. The zero-order valence-electron chi connectivity index (χ0n) is 12.9. The van der Waals surface area contributed by atoms with E-state index in [4.69, 9.17) is 0 Å². The molecule has 0 radical (unpaired) electrons. The topological polar surface area (TPSA) is 20.2 Å². The normalized spacial score (nSPS) is 37.4. The van der Waals surface area contributed by atoms with Crippen molar-refractivity contribution >= 4 is 11.8 Å². The van der Waals surface area contributed by atoms with E-state index >= 15 is 0 Å². The highest BCUT2D eigenvalue weighted by molar-refractivity contribution is 8.02. The van der Waals surface area contributed by atoms with Gasteiger partial charge in [-0.2, -0.15) is 0 Å². The summed E-state index contributed by atoms with van der Waals surface area (Å²) in [5.74, 6) is 2.82. The van der Waals surface area contributed by atoms with Gasteiger partial charge in [-0.15, -0.1) is 11.8 Å². The Labute approximate surface area is 131 Å². The van der Waals surface area contributed by atoms with Crippen LogP contribution in [0.25, 0.3) is 0 Å². The van der Waals surface area contributed by atoms with E-state index in [1.165, 1.54) is 36.8 Å². The Bertz CT molecular complexity index is 606. The molecule has 112 valence electrons. The number of allylic oxidation sites excluding steroid dienone is 2. The number of aromatic hydroxyl groups is 1. The number of rotatable bonds is 1. The van der Waals surface area contributed by atoms with Gasteiger partial charge in [-0.25, -0.2) is 0 Å². The molecular formula is C19H24OS. The van der Waals surface area contributed by atoms with Crippen LogP contribution >= 0.6 is 11.8 Å². The van der Waals surface area contributed by atoms with Gasteiger partial charge in [-0.1, -0.05) is 19.1 Å². The molecule has 4 atom stereocenters. The van der Waals surface area contributed by atoms with Crippen LogP contribution in [0.5, 0.6) is 5.75 Å². The van der Waals surface area contributed by atoms with Gasteiger partial charge in [0.1, 0.15) is 5.75 Å². The van der Waals surface area contributed by atoms with Gasteiger partial charge in [0.15, 0.2) is 0 Å². The van der Waals surface area contributed by atoms with E-state index in [-0.39, 0.29) is 0 Å². The Kier molecular flexibility index (Phi) is 3.15. The van der Waals surface area contributed by atoms with Crippen molar-refractivity contribution in [1.29, 1.82) is 0 Å². The lowest BCUT2D eigenvalue weighted by atomic mass is 9.55. The van der Waals surface area contributed by atoms with Crippen LogP contribution < -0.4 is 0 Å². The van der Waals surface area contributed by atoms with Crippen molar-refractivity contribution in [1.82, 2.24) is 0 Å². The lowest BCUT2D eigenvalue weighted by Crippen LogP contribution is -2.40. The second kappa shape index (κ2) is 4.81. The van der Waals surface area contributed by atoms with Crippen molar-refractivity contribution in [3.63, 3.8) is 0 Å². The maximum absolute atomic E-state index is 9.73. The first-order chi connectivity index (χ1) is 10.1. The van der Waals surface area contributed by atoms with Crippen LogP contribution in [0.4, 0.5) is 0 Å². The van der Waals surface area contributed by atoms with Gasteiger partial charge in [-0.3, -0.25) is 0 Å². The average molecular weight is 300 g/mol.